The largest absolute Gasteiger partial charge is 0.497 e. The van der Waals surface area contributed by atoms with Gasteiger partial charge in [0.15, 0.2) is 0 Å². The van der Waals surface area contributed by atoms with Crippen molar-refractivity contribution in [2.75, 3.05) is 7.11 Å². The average molecular weight is 140 g/mol. The second kappa shape index (κ2) is 6.40. The summed E-state index contributed by atoms with van der Waals surface area (Å²) in [7, 11) is 1.70. The Morgan fingerprint density at radius 2 is 2.20 bits per heavy atom. The van der Waals surface area contributed by atoms with E-state index in [1.54, 1.807) is 7.11 Å². The summed E-state index contributed by atoms with van der Waals surface area (Å²) < 4.78 is 5.07. The first-order valence-corrected chi connectivity index (χ1v) is 3.72. The van der Waals surface area contributed by atoms with Crippen molar-refractivity contribution in [2.45, 2.75) is 26.7 Å². The van der Waals surface area contributed by atoms with Gasteiger partial charge in [0.1, 0.15) is 5.76 Å². The molecule has 0 radical (unpaired) electrons. The Hall–Kier alpha value is -0.720. The van der Waals surface area contributed by atoms with Crippen LogP contribution in [0.5, 0.6) is 0 Å². The molecule has 1 nitrogen and oxygen atoms in total. The molecule has 0 aromatic heterocycles. The first-order valence-electron chi connectivity index (χ1n) is 3.72. The Kier molecular flexibility index (Phi) is 5.94. The molecule has 0 heterocycles. The minimum absolute atomic E-state index is 0.962. The molecule has 10 heavy (non-hydrogen) atoms. The first kappa shape index (κ1) is 9.28. The molecule has 0 aliphatic carbocycles. The van der Waals surface area contributed by atoms with E-state index in [1.165, 1.54) is 6.42 Å². The van der Waals surface area contributed by atoms with Crippen LogP contribution in [0, 0.1) is 0 Å². The van der Waals surface area contributed by atoms with E-state index in [0.717, 1.165) is 12.2 Å². The number of methoxy groups -OCH3 is 1. The molecule has 0 saturated carbocycles. The van der Waals surface area contributed by atoms with Gasteiger partial charge in [0.25, 0.3) is 0 Å². The lowest BCUT2D eigenvalue weighted by atomic mass is 10.3. The molecule has 0 N–H and O–H groups in total. The van der Waals surface area contributed by atoms with Gasteiger partial charge in [-0.05, 0) is 25.5 Å². The van der Waals surface area contributed by atoms with Crippen LogP contribution in [0.1, 0.15) is 26.7 Å². The Labute approximate surface area is 63.4 Å². The third-order valence-electron chi connectivity index (χ3n) is 1.20. The van der Waals surface area contributed by atoms with Gasteiger partial charge in [-0.1, -0.05) is 19.4 Å². The minimum atomic E-state index is 0.962. The zero-order valence-corrected chi connectivity index (χ0v) is 7.05. The molecule has 0 unspecified atom stereocenters. The van der Waals surface area contributed by atoms with Crippen molar-refractivity contribution in [1.29, 1.82) is 0 Å². The van der Waals surface area contributed by atoms with E-state index in [2.05, 4.69) is 13.0 Å². The van der Waals surface area contributed by atoms with Crippen molar-refractivity contribution in [1.82, 2.24) is 0 Å². The number of hydrogen-bond donors (Lipinski definition) is 0. The number of hydrogen-bond acceptors (Lipinski definition) is 1. The third-order valence-corrected chi connectivity index (χ3v) is 1.20. The highest BCUT2D eigenvalue weighted by Crippen LogP contribution is 2.00. The molecule has 0 amide bonds. The predicted octanol–water partition coefficient (Wildman–Crippen LogP) is 2.89. The van der Waals surface area contributed by atoms with Crippen molar-refractivity contribution in [3.63, 3.8) is 0 Å². The van der Waals surface area contributed by atoms with E-state index in [0.29, 0.717) is 0 Å². The first-order chi connectivity index (χ1) is 4.85. The normalized spacial score (nSPS) is 12.5. The molecule has 58 valence electrons. The molecule has 0 aromatic carbocycles. The highest BCUT2D eigenvalue weighted by molar-refractivity contribution is 5.10. The van der Waals surface area contributed by atoms with Crippen LogP contribution in [-0.4, -0.2) is 7.11 Å². The van der Waals surface area contributed by atoms with Gasteiger partial charge in [0.05, 0.1) is 7.11 Å². The van der Waals surface area contributed by atoms with E-state index in [-0.39, 0.29) is 0 Å². The molecule has 0 aliphatic rings. The second-order valence-corrected chi connectivity index (χ2v) is 2.10. The fourth-order valence-electron chi connectivity index (χ4n) is 0.670. The van der Waals surface area contributed by atoms with E-state index in [1.807, 2.05) is 19.1 Å². The van der Waals surface area contributed by atoms with Crippen LogP contribution >= 0.6 is 0 Å². The van der Waals surface area contributed by atoms with E-state index >= 15 is 0 Å². The summed E-state index contributed by atoms with van der Waals surface area (Å²) in [6, 6.07) is 0. The summed E-state index contributed by atoms with van der Waals surface area (Å²) >= 11 is 0. The summed E-state index contributed by atoms with van der Waals surface area (Å²) in [6.07, 6.45) is 8.30. The topological polar surface area (TPSA) is 9.23 Å². The number of unbranched alkanes of at least 4 members (excludes halogenated alkanes) is 1. The third kappa shape index (κ3) is 4.19. The zero-order chi connectivity index (χ0) is 7.82. The van der Waals surface area contributed by atoms with E-state index < -0.39 is 0 Å². The molecule has 0 atom stereocenters. The fourth-order valence-corrected chi connectivity index (χ4v) is 0.670. The maximum absolute atomic E-state index is 5.07. The lowest BCUT2D eigenvalue weighted by Gasteiger charge is -1.97. The summed E-state index contributed by atoms with van der Waals surface area (Å²) in [4.78, 5) is 0. The van der Waals surface area contributed by atoms with Crippen molar-refractivity contribution in [2.24, 2.45) is 0 Å². The van der Waals surface area contributed by atoms with Gasteiger partial charge in [-0.2, -0.15) is 0 Å². The molecular weight excluding hydrogens is 124 g/mol. The lowest BCUT2D eigenvalue weighted by molar-refractivity contribution is 0.305. The Balaban J connectivity index is 3.78. The van der Waals surface area contributed by atoms with Crippen LogP contribution in [0.15, 0.2) is 24.0 Å². The van der Waals surface area contributed by atoms with Gasteiger partial charge in [0, 0.05) is 0 Å². The van der Waals surface area contributed by atoms with E-state index in [9.17, 15) is 0 Å². The maximum Gasteiger partial charge on any atom is 0.114 e. The summed E-state index contributed by atoms with van der Waals surface area (Å²) in [5, 5.41) is 0. The Bertz CT molecular complexity index is 123. The molecule has 0 saturated heterocycles. The molecule has 0 rings (SSSR count). The highest BCUT2D eigenvalue weighted by Gasteiger charge is 1.85. The van der Waals surface area contributed by atoms with Gasteiger partial charge >= 0.3 is 0 Å². The molecule has 0 bridgehead atoms. The molecule has 0 aromatic rings. The fraction of sp³-hybridized carbons (Fsp3) is 0.556. The Morgan fingerprint density at radius 3 is 2.60 bits per heavy atom. The summed E-state index contributed by atoms with van der Waals surface area (Å²) in [5.41, 5.74) is 0. The smallest absolute Gasteiger partial charge is 0.114 e. The molecule has 0 fully saturated rings. The van der Waals surface area contributed by atoms with Gasteiger partial charge in [-0.3, -0.25) is 0 Å². The molecule has 1 heteroatoms. The van der Waals surface area contributed by atoms with Crippen LogP contribution in [0.4, 0.5) is 0 Å². The predicted molar refractivity (Wildman–Crippen MR) is 44.8 cm³/mol. The van der Waals surface area contributed by atoms with Crippen molar-refractivity contribution in [3.8, 4) is 0 Å². The quantitative estimate of drug-likeness (QED) is 0.431. The minimum Gasteiger partial charge on any atom is -0.497 e. The molecule has 0 spiro atoms. The maximum atomic E-state index is 5.07. The standard InChI is InChI=1S/C9H16O/c1-4-6-8-9(10-3)7-5-2/h5,7-8H,4,6H2,1-3H3. The molecular formula is C9H16O. The molecule has 0 aliphatic heterocycles. The van der Waals surface area contributed by atoms with E-state index in [4.69, 9.17) is 4.74 Å². The highest BCUT2D eigenvalue weighted by atomic mass is 16.5. The number of ether oxygens (including phenoxy) is 1. The lowest BCUT2D eigenvalue weighted by Crippen LogP contribution is -1.80. The number of allylic oxidation sites excluding steroid dienone is 3. The van der Waals surface area contributed by atoms with Crippen molar-refractivity contribution < 1.29 is 4.74 Å². The Morgan fingerprint density at radius 1 is 1.50 bits per heavy atom. The second-order valence-electron chi connectivity index (χ2n) is 2.10. The van der Waals surface area contributed by atoms with Crippen LogP contribution < -0.4 is 0 Å². The van der Waals surface area contributed by atoms with Crippen molar-refractivity contribution >= 4 is 0 Å². The van der Waals surface area contributed by atoms with Crippen LogP contribution in [0.3, 0.4) is 0 Å². The average Bonchev–Trinajstić information content (AvgIpc) is 1.98. The zero-order valence-electron chi connectivity index (χ0n) is 7.05. The number of rotatable bonds is 4. The summed E-state index contributed by atoms with van der Waals surface area (Å²) in [6.45, 7) is 4.14. The SMILES string of the molecule is CC=CC(=CCCC)OC. The van der Waals surface area contributed by atoms with Crippen molar-refractivity contribution in [3.05, 3.63) is 24.0 Å². The van der Waals surface area contributed by atoms with Crippen LogP contribution in [0.2, 0.25) is 0 Å². The van der Waals surface area contributed by atoms with Gasteiger partial charge in [-0.15, -0.1) is 0 Å². The summed E-state index contributed by atoms with van der Waals surface area (Å²) in [5.74, 6) is 0.962. The van der Waals surface area contributed by atoms with Crippen LogP contribution in [0.25, 0.3) is 0 Å². The monoisotopic (exact) mass is 140 g/mol. The van der Waals surface area contributed by atoms with Gasteiger partial charge in [0.2, 0.25) is 0 Å². The van der Waals surface area contributed by atoms with Gasteiger partial charge < -0.3 is 4.74 Å². The van der Waals surface area contributed by atoms with Gasteiger partial charge in [-0.25, -0.2) is 0 Å². The van der Waals surface area contributed by atoms with Crippen LogP contribution in [-0.2, 0) is 4.74 Å².